The van der Waals surface area contributed by atoms with E-state index in [9.17, 15) is 4.79 Å². The minimum Gasteiger partial charge on any atom is -0.447 e. The Bertz CT molecular complexity index is 1050. The maximum atomic E-state index is 12.3. The fraction of sp³-hybridized carbons (Fsp3) is 0.409. The largest absolute Gasteiger partial charge is 0.447 e. The Labute approximate surface area is 169 Å². The minimum absolute atomic E-state index is 0.0127. The first-order valence-electron chi connectivity index (χ1n) is 10.2. The fourth-order valence-electron chi connectivity index (χ4n) is 4.71. The number of benzene rings is 1. The SMILES string of the molecule is CC(C)OC(=O)N1CCC2(CC1)CN(c1ncnc3[nH]ccc13)c1ccccc12. The molecule has 0 saturated carbocycles. The van der Waals surface area contributed by atoms with Crippen LogP contribution in [-0.2, 0) is 10.2 Å². The predicted octanol–water partition coefficient (Wildman–Crippen LogP) is 3.99. The van der Waals surface area contributed by atoms with Gasteiger partial charge in [-0.2, -0.15) is 0 Å². The summed E-state index contributed by atoms with van der Waals surface area (Å²) in [6, 6.07) is 10.6. The maximum Gasteiger partial charge on any atom is 0.410 e. The summed E-state index contributed by atoms with van der Waals surface area (Å²) in [6.45, 7) is 6.04. The highest BCUT2D eigenvalue weighted by atomic mass is 16.6. The van der Waals surface area contributed by atoms with Crippen molar-refractivity contribution in [2.75, 3.05) is 24.5 Å². The predicted molar refractivity (Wildman–Crippen MR) is 111 cm³/mol. The summed E-state index contributed by atoms with van der Waals surface area (Å²) in [5.74, 6) is 0.933. The van der Waals surface area contributed by atoms with Crippen molar-refractivity contribution in [3.8, 4) is 0 Å². The number of aromatic nitrogens is 3. The highest BCUT2D eigenvalue weighted by molar-refractivity contribution is 5.91. The second-order valence-electron chi connectivity index (χ2n) is 8.24. The smallest absolute Gasteiger partial charge is 0.410 e. The Morgan fingerprint density at radius 3 is 2.76 bits per heavy atom. The Hall–Kier alpha value is -3.09. The number of anilines is 2. The zero-order valence-corrected chi connectivity index (χ0v) is 16.8. The quantitative estimate of drug-likeness (QED) is 0.715. The van der Waals surface area contributed by atoms with Crippen LogP contribution >= 0.6 is 0 Å². The first-order valence-corrected chi connectivity index (χ1v) is 10.2. The van der Waals surface area contributed by atoms with Gasteiger partial charge in [0.05, 0.1) is 11.5 Å². The van der Waals surface area contributed by atoms with Gasteiger partial charge in [-0.1, -0.05) is 18.2 Å². The Balaban J connectivity index is 1.46. The first kappa shape index (κ1) is 18.0. The number of nitrogens with zero attached hydrogens (tertiary/aromatic N) is 4. The van der Waals surface area contributed by atoms with Crippen molar-refractivity contribution < 1.29 is 9.53 Å². The van der Waals surface area contributed by atoms with Crippen LogP contribution in [0.25, 0.3) is 11.0 Å². The highest BCUT2D eigenvalue weighted by Crippen LogP contribution is 2.49. The van der Waals surface area contributed by atoms with Crippen LogP contribution in [0.1, 0.15) is 32.3 Å². The van der Waals surface area contributed by atoms with Crippen molar-refractivity contribution in [1.82, 2.24) is 19.9 Å². The van der Waals surface area contributed by atoms with Crippen LogP contribution in [0.2, 0.25) is 0 Å². The van der Waals surface area contributed by atoms with Crippen LogP contribution in [-0.4, -0.2) is 51.7 Å². The molecular weight excluding hydrogens is 366 g/mol. The molecule has 150 valence electrons. The number of amides is 1. The zero-order chi connectivity index (χ0) is 20.0. The van der Waals surface area contributed by atoms with E-state index in [1.165, 1.54) is 11.3 Å². The summed E-state index contributed by atoms with van der Waals surface area (Å²) in [5, 5.41) is 1.03. The molecule has 1 spiro atoms. The molecule has 1 aromatic carbocycles. The van der Waals surface area contributed by atoms with E-state index in [0.717, 1.165) is 36.2 Å². The second-order valence-corrected chi connectivity index (χ2v) is 8.24. The number of hydrogen-bond donors (Lipinski definition) is 1. The third-order valence-electron chi connectivity index (χ3n) is 6.13. The van der Waals surface area contributed by atoms with Crippen LogP contribution in [0.3, 0.4) is 0 Å². The average molecular weight is 391 g/mol. The number of nitrogens with one attached hydrogen (secondary N) is 1. The molecule has 2 aliphatic rings. The number of carbonyl (C=O) groups excluding carboxylic acids is 1. The summed E-state index contributed by atoms with van der Waals surface area (Å²) in [6.07, 6.45) is 5.04. The summed E-state index contributed by atoms with van der Waals surface area (Å²) in [4.78, 5) is 28.6. The Morgan fingerprint density at radius 1 is 1.17 bits per heavy atom. The fourth-order valence-corrected chi connectivity index (χ4v) is 4.71. The van der Waals surface area contributed by atoms with E-state index in [2.05, 4.69) is 44.1 Å². The number of rotatable bonds is 2. The van der Waals surface area contributed by atoms with Gasteiger partial charge in [-0.15, -0.1) is 0 Å². The van der Waals surface area contributed by atoms with E-state index in [-0.39, 0.29) is 17.6 Å². The van der Waals surface area contributed by atoms with Crippen molar-refractivity contribution in [3.05, 3.63) is 48.4 Å². The summed E-state index contributed by atoms with van der Waals surface area (Å²) in [5.41, 5.74) is 3.41. The number of hydrogen-bond acceptors (Lipinski definition) is 5. The van der Waals surface area contributed by atoms with Crippen molar-refractivity contribution in [2.45, 2.75) is 38.2 Å². The van der Waals surface area contributed by atoms with Crippen LogP contribution in [0, 0.1) is 0 Å². The molecule has 0 bridgehead atoms. The van der Waals surface area contributed by atoms with E-state index in [1.54, 1.807) is 6.33 Å². The molecule has 5 rings (SSSR count). The van der Waals surface area contributed by atoms with Crippen molar-refractivity contribution in [3.63, 3.8) is 0 Å². The molecule has 1 fully saturated rings. The van der Waals surface area contributed by atoms with Gasteiger partial charge in [0.2, 0.25) is 0 Å². The van der Waals surface area contributed by atoms with Crippen molar-refractivity contribution in [1.29, 1.82) is 0 Å². The van der Waals surface area contributed by atoms with Gasteiger partial charge in [0.1, 0.15) is 17.8 Å². The van der Waals surface area contributed by atoms with E-state index < -0.39 is 0 Å². The molecule has 4 heterocycles. The minimum atomic E-state index is -0.206. The normalized spacial score (nSPS) is 17.9. The molecule has 7 nitrogen and oxygen atoms in total. The number of carbonyl (C=O) groups is 1. The number of piperidine rings is 1. The van der Waals surface area contributed by atoms with Crippen LogP contribution in [0.4, 0.5) is 16.3 Å². The van der Waals surface area contributed by atoms with E-state index in [1.807, 2.05) is 31.0 Å². The topological polar surface area (TPSA) is 74.3 Å². The average Bonchev–Trinajstić information content (AvgIpc) is 3.32. The number of para-hydroxylation sites is 1. The molecule has 3 aromatic rings. The number of likely N-dealkylation sites (tertiary alicyclic amines) is 1. The highest BCUT2D eigenvalue weighted by Gasteiger charge is 2.46. The molecule has 0 aliphatic carbocycles. The molecule has 1 N–H and O–H groups in total. The molecule has 7 heteroatoms. The molecule has 2 aliphatic heterocycles. The molecule has 0 atom stereocenters. The molecular formula is C22H25N5O2. The van der Waals surface area contributed by atoms with Crippen LogP contribution in [0.15, 0.2) is 42.9 Å². The van der Waals surface area contributed by atoms with Gasteiger partial charge in [-0.25, -0.2) is 14.8 Å². The lowest BCUT2D eigenvalue weighted by Gasteiger charge is -2.39. The third kappa shape index (κ3) is 2.92. The lowest BCUT2D eigenvalue weighted by atomic mass is 9.74. The standard InChI is InChI=1S/C22H25N5O2/c1-15(2)29-21(28)26-11-8-22(9-12-26)13-27(18-6-4-3-5-17(18)22)20-16-7-10-23-19(16)24-14-25-20/h3-7,10,14-15H,8-9,11-13H2,1-2H3,(H,23,24,25). The van der Waals surface area contributed by atoms with E-state index in [0.29, 0.717) is 13.1 Å². The maximum absolute atomic E-state index is 12.3. The van der Waals surface area contributed by atoms with Crippen LogP contribution < -0.4 is 4.90 Å². The number of ether oxygens (including phenoxy) is 1. The first-order chi connectivity index (χ1) is 14.1. The number of aromatic amines is 1. The lowest BCUT2D eigenvalue weighted by molar-refractivity contribution is 0.0628. The molecule has 1 saturated heterocycles. The third-order valence-corrected chi connectivity index (χ3v) is 6.13. The summed E-state index contributed by atoms with van der Waals surface area (Å²) < 4.78 is 5.40. The van der Waals surface area contributed by atoms with E-state index in [4.69, 9.17) is 4.74 Å². The number of fused-ring (bicyclic) bond motifs is 3. The lowest BCUT2D eigenvalue weighted by Crippen LogP contribution is -2.47. The molecule has 1 amide bonds. The zero-order valence-electron chi connectivity index (χ0n) is 16.8. The molecule has 29 heavy (non-hydrogen) atoms. The van der Waals surface area contributed by atoms with Gasteiger partial charge in [0, 0.05) is 36.9 Å². The van der Waals surface area contributed by atoms with Gasteiger partial charge in [-0.3, -0.25) is 0 Å². The Morgan fingerprint density at radius 2 is 1.97 bits per heavy atom. The summed E-state index contributed by atoms with van der Waals surface area (Å²) in [7, 11) is 0. The van der Waals surface area contributed by atoms with Gasteiger partial charge < -0.3 is 19.5 Å². The Kier molecular flexibility index (Phi) is 4.19. The van der Waals surface area contributed by atoms with Crippen molar-refractivity contribution in [2.24, 2.45) is 0 Å². The summed E-state index contributed by atoms with van der Waals surface area (Å²) >= 11 is 0. The molecule has 2 aromatic heterocycles. The van der Waals surface area contributed by atoms with Gasteiger partial charge in [0.25, 0.3) is 0 Å². The van der Waals surface area contributed by atoms with E-state index >= 15 is 0 Å². The van der Waals surface area contributed by atoms with Crippen LogP contribution in [0.5, 0.6) is 0 Å². The number of H-pyrrole nitrogens is 1. The van der Waals surface area contributed by atoms with Gasteiger partial charge in [-0.05, 0) is 44.4 Å². The van der Waals surface area contributed by atoms with Crippen molar-refractivity contribution >= 4 is 28.6 Å². The van der Waals surface area contributed by atoms with Gasteiger partial charge >= 0.3 is 6.09 Å². The molecule has 0 radical (unpaired) electrons. The second kappa shape index (κ2) is 6.76. The van der Waals surface area contributed by atoms with Gasteiger partial charge in [0.15, 0.2) is 0 Å². The molecule has 0 unspecified atom stereocenters. The monoisotopic (exact) mass is 391 g/mol.